The van der Waals surface area contributed by atoms with Crippen LogP contribution in [-0.2, 0) is 75.2 Å². The second-order valence-corrected chi connectivity index (χ2v) is 25.1. The SMILES string of the molecule is CSCC[C@H](NC(=O)[C@H](CC(C)C)NC(=O)CNC(=O)[C@@H](Cc1ccccc1)NC(=O)[C@H](Cc1ccccc1)NC(=O)[C@@H](CCC(N)=O)NC(=O)[C@H](CCC(N)=O)NC(=O)[C@@H]1CCCN1C(=O)[C@H](CCCCN)NC(=O)[C@@H]1CCCN1C(=O)[C@@H](N)CCCN=C(N)N)C(N)=O. The van der Waals surface area contributed by atoms with Gasteiger partial charge < -0.3 is 92.5 Å². The lowest BCUT2D eigenvalue weighted by Gasteiger charge is -2.32. The number of nitrogens with zero attached hydrogens (tertiary/aromatic N) is 3. The van der Waals surface area contributed by atoms with Crippen LogP contribution in [0, 0.1) is 5.92 Å². The molecule has 13 amide bonds. The molecular weight excluding hydrogens is 1250 g/mol. The molecule has 2 heterocycles. The van der Waals surface area contributed by atoms with Crippen LogP contribution in [0.1, 0.15) is 121 Å². The van der Waals surface area contributed by atoms with E-state index in [0.29, 0.717) is 55.4 Å². The normalized spacial score (nSPS) is 16.8. The molecule has 2 aromatic carbocycles. The molecule has 10 atom stereocenters. The van der Waals surface area contributed by atoms with Crippen LogP contribution in [0.5, 0.6) is 0 Å². The van der Waals surface area contributed by atoms with Gasteiger partial charge in [0.15, 0.2) is 5.96 Å². The highest BCUT2D eigenvalue weighted by Gasteiger charge is 2.42. The molecule has 95 heavy (non-hydrogen) atoms. The van der Waals surface area contributed by atoms with E-state index in [4.69, 9.17) is 40.1 Å². The lowest BCUT2D eigenvalue weighted by atomic mass is 10.0. The third-order valence-corrected chi connectivity index (χ3v) is 16.7. The molecule has 4 rings (SSSR count). The van der Waals surface area contributed by atoms with Gasteiger partial charge in [0.2, 0.25) is 76.8 Å². The van der Waals surface area contributed by atoms with Crippen molar-refractivity contribution in [1.82, 2.24) is 52.3 Å². The van der Waals surface area contributed by atoms with Gasteiger partial charge in [0, 0.05) is 45.3 Å². The van der Waals surface area contributed by atoms with Crippen LogP contribution in [0.4, 0.5) is 0 Å². The molecule has 22 N–H and O–H groups in total. The Morgan fingerprint density at radius 3 is 1.51 bits per heavy atom. The first-order valence-electron chi connectivity index (χ1n) is 32.2. The summed E-state index contributed by atoms with van der Waals surface area (Å²) in [5.41, 5.74) is 40.6. The number of amides is 13. The van der Waals surface area contributed by atoms with Crippen molar-refractivity contribution < 1.29 is 62.3 Å². The van der Waals surface area contributed by atoms with Crippen molar-refractivity contribution >= 4 is 94.5 Å². The van der Waals surface area contributed by atoms with Crippen molar-refractivity contribution in [3.05, 3.63) is 71.8 Å². The monoisotopic (exact) mass is 1350 g/mol. The number of primary amides is 3. The number of carbonyl (C=O) groups is 13. The number of unbranched alkanes of at least 4 members (excludes halogenated alkanes) is 1. The Balaban J connectivity index is 1.56. The molecular formula is C63H98N18O13S. The third-order valence-electron chi connectivity index (χ3n) is 16.0. The average molecular weight is 1350 g/mol. The molecule has 2 saturated heterocycles. The predicted molar refractivity (Wildman–Crippen MR) is 356 cm³/mol. The lowest BCUT2D eigenvalue weighted by molar-refractivity contribution is -0.144. The highest BCUT2D eigenvalue weighted by Crippen LogP contribution is 2.24. The molecule has 31 nitrogen and oxygen atoms in total. The number of nitrogens with two attached hydrogens (primary N) is 7. The van der Waals surface area contributed by atoms with E-state index in [0.717, 1.165) is 0 Å². The van der Waals surface area contributed by atoms with E-state index in [1.54, 1.807) is 60.7 Å². The second kappa shape index (κ2) is 41.0. The molecule has 0 bridgehead atoms. The molecule has 0 radical (unpaired) electrons. The maximum Gasteiger partial charge on any atom is 0.245 e. The average Bonchev–Trinajstić information content (AvgIpc) is 1.74. The zero-order chi connectivity index (χ0) is 70.1. The molecule has 0 unspecified atom stereocenters. The number of carbonyl (C=O) groups excluding carboxylic acids is 13. The molecule has 524 valence electrons. The van der Waals surface area contributed by atoms with Gasteiger partial charge in [0.05, 0.1) is 12.6 Å². The van der Waals surface area contributed by atoms with E-state index in [2.05, 4.69) is 47.5 Å². The molecule has 2 fully saturated rings. The van der Waals surface area contributed by atoms with Crippen LogP contribution in [0.3, 0.4) is 0 Å². The van der Waals surface area contributed by atoms with Crippen molar-refractivity contribution in [1.29, 1.82) is 0 Å². The minimum Gasteiger partial charge on any atom is -0.370 e. The maximum absolute atomic E-state index is 14.7. The molecule has 2 aliphatic heterocycles. The first-order chi connectivity index (χ1) is 45.2. The minimum atomic E-state index is -1.64. The van der Waals surface area contributed by atoms with E-state index in [1.165, 1.54) is 21.6 Å². The summed E-state index contributed by atoms with van der Waals surface area (Å²) < 4.78 is 0. The first-order valence-corrected chi connectivity index (χ1v) is 33.6. The van der Waals surface area contributed by atoms with Crippen LogP contribution < -0.4 is 82.7 Å². The van der Waals surface area contributed by atoms with Gasteiger partial charge in [-0.2, -0.15) is 11.8 Å². The standard InChI is InChI=1S/C63H98N18O13S/c1-37(2)33-45(57(89)74-41(53(68)85)27-32-95-3)73-52(84)36-72-54(86)46(34-38-15-6-4-7-16-38)78-58(90)47(35-39-17-8-5-9-18-39)79-56(88)42(23-25-50(66)82)75-55(87)43(24-26-51(67)83)76-59(91)49-22-14-31-81(49)62(94)44(20-10-11-28-64)77-60(92)48-21-13-30-80(48)61(93)40(65)19-12-29-71-63(69)70/h4-9,15-18,37,40-49H,10-14,19-36,64-65H2,1-3H3,(H2,66,82)(H2,67,83)(H2,68,85)(H,72,86)(H,73,84)(H,74,89)(H,75,87)(H,76,91)(H,77,92)(H,78,90)(H,79,88)(H4,69,70,71)/t40-,41-,42+,43-,44-,45-,46+,47-,48-,49-/m0/s1. The summed E-state index contributed by atoms with van der Waals surface area (Å²) in [6, 6.07) is 4.51. The fourth-order valence-corrected chi connectivity index (χ4v) is 11.5. The van der Waals surface area contributed by atoms with E-state index in [1.807, 2.05) is 20.1 Å². The van der Waals surface area contributed by atoms with Crippen molar-refractivity contribution in [2.24, 2.45) is 51.0 Å². The van der Waals surface area contributed by atoms with E-state index in [9.17, 15) is 62.3 Å². The number of guanidine groups is 1. The quantitative estimate of drug-likeness (QED) is 0.0173. The Bertz CT molecular complexity index is 2960. The van der Waals surface area contributed by atoms with E-state index >= 15 is 0 Å². The summed E-state index contributed by atoms with van der Waals surface area (Å²) in [5.74, 6) is -9.80. The summed E-state index contributed by atoms with van der Waals surface area (Å²) in [6.45, 7) is 3.86. The Hall–Kier alpha value is -8.91. The Kier molecular flexibility index (Phi) is 33.9. The summed E-state index contributed by atoms with van der Waals surface area (Å²) in [4.78, 5) is 185. The third kappa shape index (κ3) is 27.5. The molecule has 2 aliphatic rings. The summed E-state index contributed by atoms with van der Waals surface area (Å²) >= 11 is 1.45. The van der Waals surface area contributed by atoms with Crippen LogP contribution in [0.2, 0.25) is 0 Å². The van der Waals surface area contributed by atoms with Gasteiger partial charge in [-0.1, -0.05) is 74.5 Å². The fourth-order valence-electron chi connectivity index (χ4n) is 11.0. The van der Waals surface area contributed by atoms with Crippen LogP contribution in [-0.4, -0.2) is 198 Å². The van der Waals surface area contributed by atoms with Crippen LogP contribution in [0.25, 0.3) is 0 Å². The molecule has 0 aliphatic carbocycles. The van der Waals surface area contributed by atoms with Crippen LogP contribution >= 0.6 is 11.8 Å². The molecule has 0 aromatic heterocycles. The molecule has 32 heteroatoms. The second-order valence-electron chi connectivity index (χ2n) is 24.1. The van der Waals surface area contributed by atoms with Gasteiger partial charge in [-0.15, -0.1) is 0 Å². The Morgan fingerprint density at radius 1 is 0.537 bits per heavy atom. The van der Waals surface area contributed by atoms with Crippen LogP contribution in [0.15, 0.2) is 65.7 Å². The highest BCUT2D eigenvalue weighted by molar-refractivity contribution is 7.98. The number of hydrogen-bond acceptors (Lipinski definition) is 17. The van der Waals surface area contributed by atoms with Crippen molar-refractivity contribution in [2.75, 3.05) is 44.7 Å². The van der Waals surface area contributed by atoms with E-state index < -0.39 is 169 Å². The Morgan fingerprint density at radius 2 is 1.01 bits per heavy atom. The number of hydrogen-bond donors (Lipinski definition) is 15. The zero-order valence-corrected chi connectivity index (χ0v) is 55.3. The summed E-state index contributed by atoms with van der Waals surface area (Å²) in [6.07, 6.45) is 3.12. The highest BCUT2D eigenvalue weighted by atomic mass is 32.2. The predicted octanol–water partition coefficient (Wildman–Crippen LogP) is -3.71. The largest absolute Gasteiger partial charge is 0.370 e. The first kappa shape index (κ1) is 78.5. The number of likely N-dealkylation sites (tertiary alicyclic amines) is 2. The van der Waals surface area contributed by atoms with Gasteiger partial charge in [0.1, 0.15) is 54.4 Å². The number of benzene rings is 2. The summed E-state index contributed by atoms with van der Waals surface area (Å²) in [5, 5.41) is 21.1. The van der Waals surface area contributed by atoms with Gasteiger partial charge >= 0.3 is 0 Å². The van der Waals surface area contributed by atoms with Gasteiger partial charge in [-0.25, -0.2) is 0 Å². The van der Waals surface area contributed by atoms with Crippen molar-refractivity contribution in [2.45, 2.75) is 183 Å². The minimum absolute atomic E-state index is 0.0736. The van der Waals surface area contributed by atoms with Crippen molar-refractivity contribution in [3.8, 4) is 0 Å². The summed E-state index contributed by atoms with van der Waals surface area (Å²) in [7, 11) is 0. The number of thioether (sulfide) groups is 1. The number of rotatable bonds is 42. The fraction of sp³-hybridized carbons (Fsp3) is 0.587. The molecule has 0 saturated carbocycles. The Labute approximate surface area is 558 Å². The number of aliphatic imine (C=N–C) groups is 1. The van der Waals surface area contributed by atoms with Gasteiger partial charge in [-0.3, -0.25) is 67.3 Å². The maximum atomic E-state index is 14.7. The molecule has 0 spiro atoms. The number of nitrogens with one attached hydrogen (secondary N) is 8. The van der Waals surface area contributed by atoms with Crippen molar-refractivity contribution in [3.63, 3.8) is 0 Å². The zero-order valence-electron chi connectivity index (χ0n) is 54.5. The topological polar surface area (TPSA) is 519 Å². The van der Waals surface area contributed by atoms with Gasteiger partial charge in [0.25, 0.3) is 0 Å². The van der Waals surface area contributed by atoms with Gasteiger partial charge in [-0.05, 0) is 119 Å². The molecule has 2 aromatic rings. The van der Waals surface area contributed by atoms with E-state index in [-0.39, 0.29) is 83.0 Å². The smallest absolute Gasteiger partial charge is 0.245 e. The lowest BCUT2D eigenvalue weighted by Crippen LogP contribution is -2.60.